The minimum Gasteiger partial charge on any atom is -0.497 e. The summed E-state index contributed by atoms with van der Waals surface area (Å²) in [6.45, 7) is 3.10. The fourth-order valence-electron chi connectivity index (χ4n) is 3.69. The zero-order valence-corrected chi connectivity index (χ0v) is 21.2. The monoisotopic (exact) mass is 497 g/mol. The molecule has 1 heterocycles. The van der Waals surface area contributed by atoms with E-state index >= 15 is 0 Å². The molecule has 3 aromatic rings. The summed E-state index contributed by atoms with van der Waals surface area (Å²) in [5.74, 6) is 0.648. The van der Waals surface area contributed by atoms with Crippen LogP contribution in [0.2, 0.25) is 0 Å². The van der Waals surface area contributed by atoms with Gasteiger partial charge in [0, 0.05) is 25.5 Å². The summed E-state index contributed by atoms with van der Waals surface area (Å²) in [7, 11) is 3.53. The van der Waals surface area contributed by atoms with E-state index in [-0.39, 0.29) is 5.91 Å². The lowest BCUT2D eigenvalue weighted by molar-refractivity contribution is -0.122. The molecule has 8 heteroatoms. The fraction of sp³-hybridized carbons (Fsp3) is 0.179. The summed E-state index contributed by atoms with van der Waals surface area (Å²) in [5.41, 5.74) is 3.86. The second-order valence-electron chi connectivity index (χ2n) is 8.05. The summed E-state index contributed by atoms with van der Waals surface area (Å²) in [4.78, 5) is 22.6. The van der Waals surface area contributed by atoms with E-state index in [0.717, 1.165) is 22.7 Å². The number of benzene rings is 3. The van der Waals surface area contributed by atoms with Crippen molar-refractivity contribution < 1.29 is 9.53 Å². The molecule has 0 atom stereocenters. The van der Waals surface area contributed by atoms with Gasteiger partial charge in [0.05, 0.1) is 41.6 Å². The van der Waals surface area contributed by atoms with Crippen LogP contribution in [-0.2, 0) is 11.3 Å². The fourth-order valence-corrected chi connectivity index (χ4v) is 4.70. The third kappa shape index (κ3) is 5.70. The number of aliphatic imine (C=N–C) groups is 1. The molecule has 0 aromatic heterocycles. The van der Waals surface area contributed by atoms with Crippen LogP contribution in [0.25, 0.3) is 0 Å². The van der Waals surface area contributed by atoms with Crippen LogP contribution in [0.1, 0.15) is 18.1 Å². The zero-order chi connectivity index (χ0) is 25.5. The van der Waals surface area contributed by atoms with Crippen molar-refractivity contribution in [3.05, 3.63) is 95.0 Å². The van der Waals surface area contributed by atoms with Gasteiger partial charge in [-0.25, -0.2) is 4.99 Å². The molecule has 1 aliphatic rings. The number of carbonyl (C=O) groups is 1. The van der Waals surface area contributed by atoms with Gasteiger partial charge < -0.3 is 15.0 Å². The van der Waals surface area contributed by atoms with Crippen LogP contribution < -0.4 is 15.0 Å². The number of anilines is 2. The van der Waals surface area contributed by atoms with Crippen molar-refractivity contribution in [2.24, 2.45) is 4.99 Å². The molecule has 0 aliphatic carbocycles. The maximum atomic E-state index is 13.6. The molecule has 1 amide bonds. The number of nitrogens with zero attached hydrogens (tertiary/aromatic N) is 4. The van der Waals surface area contributed by atoms with Crippen LogP contribution in [-0.4, -0.2) is 36.7 Å². The van der Waals surface area contributed by atoms with Gasteiger partial charge in [0.1, 0.15) is 5.75 Å². The van der Waals surface area contributed by atoms with E-state index in [4.69, 9.17) is 9.73 Å². The Balaban J connectivity index is 1.71. The first-order chi connectivity index (χ1) is 17.5. The van der Waals surface area contributed by atoms with E-state index in [9.17, 15) is 10.1 Å². The van der Waals surface area contributed by atoms with Gasteiger partial charge in [-0.15, -0.1) is 0 Å². The number of thioether (sulfide) groups is 1. The van der Waals surface area contributed by atoms with Crippen molar-refractivity contribution >= 4 is 39.9 Å². The van der Waals surface area contributed by atoms with Gasteiger partial charge in [-0.05, 0) is 66.7 Å². The Bertz CT molecular complexity index is 1330. The van der Waals surface area contributed by atoms with Gasteiger partial charge in [-0.2, -0.15) is 5.26 Å². The third-order valence-corrected chi connectivity index (χ3v) is 6.57. The van der Waals surface area contributed by atoms with Gasteiger partial charge in [-0.3, -0.25) is 9.69 Å². The van der Waals surface area contributed by atoms with Crippen molar-refractivity contribution in [3.8, 4) is 11.8 Å². The Kier molecular flexibility index (Phi) is 7.93. The van der Waals surface area contributed by atoms with Gasteiger partial charge in [0.2, 0.25) is 0 Å². The predicted octanol–water partition coefficient (Wildman–Crippen LogP) is 5.74. The van der Waals surface area contributed by atoms with Crippen molar-refractivity contribution in [2.45, 2.75) is 13.5 Å². The van der Waals surface area contributed by atoms with Gasteiger partial charge in [0.15, 0.2) is 5.17 Å². The average molecular weight is 498 g/mol. The van der Waals surface area contributed by atoms with Crippen molar-refractivity contribution in [2.75, 3.05) is 30.9 Å². The number of nitrogens with one attached hydrogen (secondary N) is 1. The summed E-state index contributed by atoms with van der Waals surface area (Å²) in [6, 6.07) is 25.0. The molecule has 1 saturated heterocycles. The number of hydrogen-bond acceptors (Lipinski definition) is 7. The van der Waals surface area contributed by atoms with E-state index < -0.39 is 0 Å². The molecule has 7 nitrogen and oxygen atoms in total. The number of nitriles is 1. The Morgan fingerprint density at radius 1 is 1.14 bits per heavy atom. The molecule has 0 bridgehead atoms. The van der Waals surface area contributed by atoms with E-state index in [0.29, 0.717) is 34.4 Å². The summed E-state index contributed by atoms with van der Waals surface area (Å²) >= 11 is 1.32. The quantitative estimate of drug-likeness (QED) is 0.400. The van der Waals surface area contributed by atoms with Crippen LogP contribution in [0.4, 0.5) is 17.1 Å². The van der Waals surface area contributed by atoms with Crippen LogP contribution in [0.5, 0.6) is 5.75 Å². The Morgan fingerprint density at radius 2 is 1.89 bits per heavy atom. The molecule has 3 aromatic carbocycles. The third-order valence-electron chi connectivity index (χ3n) is 5.57. The molecule has 36 heavy (non-hydrogen) atoms. The number of carbonyl (C=O) groups excluding carboxylic acids is 1. The predicted molar refractivity (Wildman–Crippen MR) is 146 cm³/mol. The highest BCUT2D eigenvalue weighted by molar-refractivity contribution is 8.18. The normalized spacial score (nSPS) is 15.3. The number of amidine groups is 1. The lowest BCUT2D eigenvalue weighted by atomic mass is 10.2. The van der Waals surface area contributed by atoms with Crippen molar-refractivity contribution in [3.63, 3.8) is 0 Å². The van der Waals surface area contributed by atoms with Gasteiger partial charge in [0.25, 0.3) is 5.91 Å². The van der Waals surface area contributed by atoms with Crippen LogP contribution in [0, 0.1) is 11.3 Å². The topological polar surface area (TPSA) is 81.0 Å². The van der Waals surface area contributed by atoms with Crippen LogP contribution in [0.3, 0.4) is 0 Å². The Morgan fingerprint density at radius 3 is 2.56 bits per heavy atom. The standard InChI is InChI=1S/C28H27N5O2S/c1-4-30-24-15-10-21(17-29)16-25(24)31-28-33(18-20-8-6-5-7-9-20)27(34)26(36-28)19-32(2)22-11-13-23(35-3)14-12-22/h5-16,19,30H,4,18H2,1-3H3. The average Bonchev–Trinajstić information content (AvgIpc) is 3.19. The molecule has 1 aliphatic heterocycles. The minimum absolute atomic E-state index is 0.121. The molecular weight excluding hydrogens is 470 g/mol. The molecule has 0 unspecified atom stereocenters. The lowest BCUT2D eigenvalue weighted by Gasteiger charge is -2.17. The number of methoxy groups -OCH3 is 1. The zero-order valence-electron chi connectivity index (χ0n) is 20.4. The molecular formula is C28H27N5O2S. The molecule has 182 valence electrons. The minimum atomic E-state index is -0.121. The highest BCUT2D eigenvalue weighted by Crippen LogP contribution is 2.36. The van der Waals surface area contributed by atoms with Gasteiger partial charge >= 0.3 is 0 Å². The SMILES string of the molecule is CCNc1ccc(C#N)cc1N=C1SC(=CN(C)c2ccc(OC)cc2)C(=O)N1Cc1ccccc1. The second-order valence-corrected chi connectivity index (χ2v) is 9.06. The highest BCUT2D eigenvalue weighted by Gasteiger charge is 2.34. The van der Waals surface area contributed by atoms with Crippen molar-refractivity contribution in [1.82, 2.24) is 4.90 Å². The van der Waals surface area contributed by atoms with E-state index in [1.165, 1.54) is 11.8 Å². The number of amides is 1. The first kappa shape index (κ1) is 24.9. The molecule has 0 radical (unpaired) electrons. The van der Waals surface area contributed by atoms with E-state index in [2.05, 4.69) is 11.4 Å². The summed E-state index contributed by atoms with van der Waals surface area (Å²) < 4.78 is 5.24. The van der Waals surface area contributed by atoms with Crippen LogP contribution in [0.15, 0.2) is 88.9 Å². The van der Waals surface area contributed by atoms with E-state index in [1.54, 1.807) is 24.1 Å². The number of rotatable bonds is 8. The van der Waals surface area contributed by atoms with Gasteiger partial charge in [-0.1, -0.05) is 30.3 Å². The Labute approximate surface area is 215 Å². The summed E-state index contributed by atoms with van der Waals surface area (Å²) in [6.07, 6.45) is 1.83. The largest absolute Gasteiger partial charge is 0.497 e. The molecule has 4 rings (SSSR count). The highest BCUT2D eigenvalue weighted by atomic mass is 32.2. The molecule has 1 N–H and O–H groups in total. The Hall–Kier alpha value is -4.22. The number of hydrogen-bond donors (Lipinski definition) is 1. The molecule has 1 fully saturated rings. The van der Waals surface area contributed by atoms with Crippen LogP contribution >= 0.6 is 11.8 Å². The first-order valence-corrected chi connectivity index (χ1v) is 12.3. The smallest absolute Gasteiger partial charge is 0.268 e. The lowest BCUT2D eigenvalue weighted by Crippen LogP contribution is -2.28. The second kappa shape index (κ2) is 11.5. The number of ether oxygens (including phenoxy) is 1. The molecule has 0 spiro atoms. The first-order valence-electron chi connectivity index (χ1n) is 11.5. The maximum Gasteiger partial charge on any atom is 0.268 e. The maximum absolute atomic E-state index is 13.6. The molecule has 0 saturated carbocycles. The van der Waals surface area contributed by atoms with E-state index in [1.807, 2.05) is 85.7 Å². The summed E-state index contributed by atoms with van der Waals surface area (Å²) in [5, 5.41) is 13.3. The van der Waals surface area contributed by atoms with Crippen molar-refractivity contribution in [1.29, 1.82) is 5.26 Å².